The van der Waals surface area contributed by atoms with Gasteiger partial charge in [0.1, 0.15) is 24.1 Å². The Kier molecular flexibility index (Phi) is 5.97. The first-order valence-electron chi connectivity index (χ1n) is 10.2. The molecule has 7 heteroatoms. The van der Waals surface area contributed by atoms with Gasteiger partial charge in [0, 0.05) is 25.2 Å². The summed E-state index contributed by atoms with van der Waals surface area (Å²) in [7, 11) is 1.64. The molecule has 1 aromatic carbocycles. The van der Waals surface area contributed by atoms with Gasteiger partial charge in [0.2, 0.25) is 11.8 Å². The van der Waals surface area contributed by atoms with E-state index in [1.54, 1.807) is 36.5 Å². The molecule has 1 amide bonds. The van der Waals surface area contributed by atoms with Crippen molar-refractivity contribution in [2.75, 3.05) is 13.7 Å². The van der Waals surface area contributed by atoms with Gasteiger partial charge in [0.15, 0.2) is 0 Å². The highest BCUT2D eigenvalue weighted by molar-refractivity contribution is 5.76. The summed E-state index contributed by atoms with van der Waals surface area (Å²) in [5, 5.41) is 0. The Morgan fingerprint density at radius 2 is 2.13 bits per heavy atom. The van der Waals surface area contributed by atoms with E-state index in [-0.39, 0.29) is 24.1 Å². The van der Waals surface area contributed by atoms with Crippen LogP contribution in [-0.4, -0.2) is 34.0 Å². The third-order valence-electron chi connectivity index (χ3n) is 5.40. The lowest BCUT2D eigenvalue weighted by Crippen LogP contribution is -2.41. The molecule has 0 saturated carbocycles. The number of oxazole rings is 1. The lowest BCUT2D eigenvalue weighted by atomic mass is 10.0. The monoisotopic (exact) mass is 407 g/mol. The molecule has 0 N–H and O–H groups in total. The first-order valence-corrected chi connectivity index (χ1v) is 10.2. The number of aromatic nitrogens is 2. The highest BCUT2D eigenvalue weighted by atomic mass is 16.5. The van der Waals surface area contributed by atoms with Crippen molar-refractivity contribution in [2.24, 2.45) is 0 Å². The number of nitrogens with zero attached hydrogens (tertiary/aromatic N) is 3. The molecule has 3 aromatic rings. The summed E-state index contributed by atoms with van der Waals surface area (Å²) >= 11 is 0. The van der Waals surface area contributed by atoms with Gasteiger partial charge in [-0.25, -0.2) is 4.98 Å². The van der Waals surface area contributed by atoms with Crippen LogP contribution in [0.4, 0.5) is 0 Å². The minimum absolute atomic E-state index is 0.0214. The number of carbonyl (C=O) groups is 1. The second-order valence-electron chi connectivity index (χ2n) is 7.46. The second kappa shape index (κ2) is 8.98. The van der Waals surface area contributed by atoms with Crippen LogP contribution in [0.5, 0.6) is 5.75 Å². The van der Waals surface area contributed by atoms with Crippen molar-refractivity contribution in [2.45, 2.75) is 38.3 Å². The number of likely N-dealkylation sites (tertiary alicyclic amines) is 1. The number of pyridine rings is 1. The molecule has 3 heterocycles. The van der Waals surface area contributed by atoms with Gasteiger partial charge in [-0.3, -0.25) is 9.59 Å². The van der Waals surface area contributed by atoms with E-state index in [1.165, 1.54) is 10.6 Å². The van der Waals surface area contributed by atoms with Crippen LogP contribution in [0, 0.1) is 0 Å². The summed E-state index contributed by atoms with van der Waals surface area (Å²) < 4.78 is 12.7. The number of rotatable bonds is 6. The summed E-state index contributed by atoms with van der Waals surface area (Å²) in [6.45, 7) is 0.659. The molecule has 1 aliphatic rings. The van der Waals surface area contributed by atoms with Gasteiger partial charge in [0.25, 0.3) is 5.56 Å². The van der Waals surface area contributed by atoms with Gasteiger partial charge < -0.3 is 18.6 Å². The lowest BCUT2D eigenvalue weighted by Gasteiger charge is -2.34. The zero-order valence-electron chi connectivity index (χ0n) is 17.0. The average Bonchev–Trinajstić information content (AvgIpc) is 3.23. The molecule has 0 spiro atoms. The Hall–Kier alpha value is -3.35. The van der Waals surface area contributed by atoms with Gasteiger partial charge in [-0.15, -0.1) is 0 Å². The fourth-order valence-electron chi connectivity index (χ4n) is 3.86. The van der Waals surface area contributed by atoms with Crippen molar-refractivity contribution in [3.8, 4) is 5.75 Å². The van der Waals surface area contributed by atoms with Gasteiger partial charge in [-0.1, -0.05) is 18.2 Å². The van der Waals surface area contributed by atoms with Crippen LogP contribution < -0.4 is 10.3 Å². The third-order valence-corrected chi connectivity index (χ3v) is 5.40. The number of methoxy groups -OCH3 is 1. The van der Waals surface area contributed by atoms with Crippen LogP contribution in [-0.2, 0) is 17.8 Å². The largest absolute Gasteiger partial charge is 0.497 e. The summed E-state index contributed by atoms with van der Waals surface area (Å²) in [6.07, 6.45) is 6.71. The van der Waals surface area contributed by atoms with Crippen LogP contribution in [0.2, 0.25) is 0 Å². The number of amides is 1. The van der Waals surface area contributed by atoms with Gasteiger partial charge >= 0.3 is 0 Å². The maximum atomic E-state index is 13.0. The normalized spacial score (nSPS) is 16.4. The van der Waals surface area contributed by atoms with Crippen LogP contribution in [0.25, 0.3) is 0 Å². The Morgan fingerprint density at radius 3 is 2.97 bits per heavy atom. The molecule has 0 radical (unpaired) electrons. The molecule has 2 aromatic heterocycles. The van der Waals surface area contributed by atoms with Gasteiger partial charge in [-0.05, 0) is 43.0 Å². The predicted molar refractivity (Wildman–Crippen MR) is 111 cm³/mol. The maximum Gasteiger partial charge on any atom is 0.250 e. The molecule has 1 saturated heterocycles. The first kappa shape index (κ1) is 19.9. The minimum Gasteiger partial charge on any atom is -0.497 e. The van der Waals surface area contributed by atoms with Crippen molar-refractivity contribution in [1.29, 1.82) is 0 Å². The van der Waals surface area contributed by atoms with Crippen molar-refractivity contribution in [3.05, 3.63) is 82.4 Å². The number of carbonyl (C=O) groups excluding carboxylic acids is 1. The third kappa shape index (κ3) is 4.45. The predicted octanol–water partition coefficient (Wildman–Crippen LogP) is 3.19. The topological polar surface area (TPSA) is 77.6 Å². The highest BCUT2D eigenvalue weighted by Gasteiger charge is 2.31. The maximum absolute atomic E-state index is 13.0. The van der Waals surface area contributed by atoms with Gasteiger partial charge in [-0.2, -0.15) is 0 Å². The molecule has 156 valence electrons. The van der Waals surface area contributed by atoms with Gasteiger partial charge in [0.05, 0.1) is 13.3 Å². The number of ether oxygens (including phenoxy) is 1. The minimum atomic E-state index is -0.204. The molecule has 1 fully saturated rings. The molecule has 30 heavy (non-hydrogen) atoms. The van der Waals surface area contributed by atoms with Crippen LogP contribution >= 0.6 is 0 Å². The zero-order chi connectivity index (χ0) is 20.9. The molecular formula is C23H25N3O4. The summed E-state index contributed by atoms with van der Waals surface area (Å²) in [4.78, 5) is 31.2. The summed E-state index contributed by atoms with van der Waals surface area (Å²) in [6, 6.07) is 12.5. The van der Waals surface area contributed by atoms with Crippen molar-refractivity contribution in [1.82, 2.24) is 14.5 Å². The van der Waals surface area contributed by atoms with E-state index in [2.05, 4.69) is 4.98 Å². The molecule has 0 aliphatic carbocycles. The Labute approximate surface area is 174 Å². The van der Waals surface area contributed by atoms with Crippen LogP contribution in [0.15, 0.2) is 64.1 Å². The van der Waals surface area contributed by atoms with E-state index in [9.17, 15) is 9.59 Å². The Bertz CT molecular complexity index is 1070. The van der Waals surface area contributed by atoms with E-state index in [0.29, 0.717) is 18.9 Å². The highest BCUT2D eigenvalue weighted by Crippen LogP contribution is 2.31. The van der Waals surface area contributed by atoms with Crippen LogP contribution in [0.1, 0.15) is 42.5 Å². The Morgan fingerprint density at radius 1 is 1.23 bits per heavy atom. The summed E-state index contributed by atoms with van der Waals surface area (Å²) in [5.74, 6) is 2.00. The molecule has 0 bridgehead atoms. The van der Waals surface area contributed by atoms with Crippen molar-refractivity contribution in [3.63, 3.8) is 0 Å². The first-order chi connectivity index (χ1) is 14.6. The van der Waals surface area contributed by atoms with Crippen molar-refractivity contribution < 1.29 is 13.9 Å². The van der Waals surface area contributed by atoms with Crippen molar-refractivity contribution >= 4 is 5.91 Å². The quantitative estimate of drug-likeness (QED) is 0.627. The number of hydrogen-bond donors (Lipinski definition) is 0. The lowest BCUT2D eigenvalue weighted by molar-refractivity contribution is -0.136. The fourth-order valence-corrected chi connectivity index (χ4v) is 3.86. The zero-order valence-corrected chi connectivity index (χ0v) is 17.0. The fraction of sp³-hybridized carbons (Fsp3) is 0.348. The number of hydrogen-bond acceptors (Lipinski definition) is 5. The molecule has 0 unspecified atom stereocenters. The van der Waals surface area contributed by atoms with Crippen LogP contribution in [0.3, 0.4) is 0 Å². The standard InChI is InChI=1S/C23H25N3O4/c1-29-18-8-6-7-17(13-18)14-19-15-24-23(30-19)20-9-2-5-12-26(20)22(28)16-25-11-4-3-10-21(25)27/h3-4,6-8,10-11,13,15,20H,2,5,9,12,14,16H2,1H3/t20-/m1/s1. The second-order valence-corrected chi connectivity index (χ2v) is 7.46. The number of benzene rings is 1. The van der Waals surface area contributed by atoms with E-state index < -0.39 is 0 Å². The molecule has 4 rings (SSSR count). The van der Waals surface area contributed by atoms with E-state index in [4.69, 9.17) is 9.15 Å². The molecule has 1 aliphatic heterocycles. The Balaban J connectivity index is 1.49. The number of piperidine rings is 1. The average molecular weight is 407 g/mol. The molecule has 7 nitrogen and oxygen atoms in total. The smallest absolute Gasteiger partial charge is 0.250 e. The molecule has 1 atom stereocenters. The summed E-state index contributed by atoms with van der Waals surface area (Å²) in [5.41, 5.74) is 0.883. The SMILES string of the molecule is COc1cccc(Cc2cnc([C@H]3CCCCN3C(=O)Cn3ccccc3=O)o2)c1. The molecular weight excluding hydrogens is 382 g/mol. The van der Waals surface area contributed by atoms with E-state index >= 15 is 0 Å². The van der Waals surface area contributed by atoms with E-state index in [1.807, 2.05) is 24.3 Å². The van der Waals surface area contributed by atoms with E-state index in [0.717, 1.165) is 36.3 Å².